The molecule has 0 bridgehead atoms. The number of rotatable bonds is 4. The van der Waals surface area contributed by atoms with Crippen LogP contribution in [0.3, 0.4) is 0 Å². The molecule has 21 heavy (non-hydrogen) atoms. The average Bonchev–Trinajstić information content (AvgIpc) is 2.85. The summed E-state index contributed by atoms with van der Waals surface area (Å²) in [5.74, 6) is 0. The molecule has 7 heteroatoms. The van der Waals surface area contributed by atoms with Crippen LogP contribution in [0.4, 0.5) is 13.2 Å². The van der Waals surface area contributed by atoms with Crippen molar-refractivity contribution < 1.29 is 13.2 Å². The third-order valence-corrected chi connectivity index (χ3v) is 3.91. The fourth-order valence-electron chi connectivity index (χ4n) is 2.05. The Hall–Kier alpha value is -1.34. The Morgan fingerprint density at radius 3 is 2.67 bits per heavy atom. The Bertz CT molecular complexity index is 622. The van der Waals surface area contributed by atoms with Crippen LogP contribution >= 0.6 is 15.9 Å². The summed E-state index contributed by atoms with van der Waals surface area (Å²) in [6.07, 6.45) is -0.408. The molecule has 0 amide bonds. The zero-order chi connectivity index (χ0) is 15.6. The first kappa shape index (κ1) is 16.0. The number of aryl methyl sites for hydroxylation is 1. The number of halogens is 4. The predicted molar refractivity (Wildman–Crippen MR) is 77.7 cm³/mol. The maximum absolute atomic E-state index is 12.8. The first-order chi connectivity index (χ1) is 9.81. The molecule has 0 aliphatic carbocycles. The molecule has 114 valence electrons. The highest BCUT2D eigenvalue weighted by atomic mass is 79.9. The van der Waals surface area contributed by atoms with Crippen LogP contribution < -0.4 is 5.73 Å². The second-order valence-corrected chi connectivity index (χ2v) is 5.60. The van der Waals surface area contributed by atoms with Crippen molar-refractivity contribution in [2.24, 2.45) is 5.73 Å². The summed E-state index contributed by atoms with van der Waals surface area (Å²) < 4.78 is 40.6. The lowest BCUT2D eigenvalue weighted by Gasteiger charge is -2.16. The second kappa shape index (κ2) is 6.19. The first-order valence-electron chi connectivity index (χ1n) is 6.44. The summed E-state index contributed by atoms with van der Waals surface area (Å²) in [6.45, 7) is 2.70. The predicted octanol–water partition coefficient (Wildman–Crippen LogP) is 3.93. The van der Waals surface area contributed by atoms with Crippen molar-refractivity contribution >= 4 is 15.9 Å². The molecule has 0 radical (unpaired) electrons. The Kier molecular flexibility index (Phi) is 4.73. The van der Waals surface area contributed by atoms with Gasteiger partial charge in [-0.15, -0.1) is 0 Å². The van der Waals surface area contributed by atoms with E-state index in [1.54, 1.807) is 10.9 Å². The summed E-state index contributed by atoms with van der Waals surface area (Å²) in [5, 5.41) is 4.13. The molecular formula is C14H15BrF3N3. The number of nitrogens with two attached hydrogens (primary N) is 1. The van der Waals surface area contributed by atoms with Crippen molar-refractivity contribution in [2.75, 3.05) is 0 Å². The lowest BCUT2D eigenvalue weighted by molar-refractivity contribution is -0.137. The lowest BCUT2D eigenvalue weighted by Crippen LogP contribution is -2.15. The number of aromatic nitrogens is 2. The molecule has 0 aliphatic heterocycles. The summed E-state index contributed by atoms with van der Waals surface area (Å²) >= 11 is 3.26. The molecule has 0 fully saturated rings. The molecule has 1 aromatic heterocycles. The molecule has 1 unspecified atom stereocenters. The van der Waals surface area contributed by atoms with E-state index in [0.717, 1.165) is 24.2 Å². The van der Waals surface area contributed by atoms with Crippen LogP contribution in [-0.4, -0.2) is 9.78 Å². The van der Waals surface area contributed by atoms with Gasteiger partial charge in [0.2, 0.25) is 0 Å². The Morgan fingerprint density at radius 2 is 2.10 bits per heavy atom. The number of alkyl halides is 3. The quantitative estimate of drug-likeness (QED) is 0.896. The Morgan fingerprint density at radius 1 is 1.38 bits per heavy atom. The van der Waals surface area contributed by atoms with Crippen LogP contribution in [0.25, 0.3) is 0 Å². The van der Waals surface area contributed by atoms with Gasteiger partial charge in [-0.05, 0) is 42.7 Å². The monoisotopic (exact) mass is 361 g/mol. The van der Waals surface area contributed by atoms with Crippen molar-refractivity contribution in [3.8, 4) is 0 Å². The molecule has 3 nitrogen and oxygen atoms in total. The third-order valence-electron chi connectivity index (χ3n) is 3.19. The normalized spacial score (nSPS) is 13.4. The van der Waals surface area contributed by atoms with Crippen LogP contribution in [0.2, 0.25) is 0 Å². The van der Waals surface area contributed by atoms with Crippen LogP contribution in [0.1, 0.15) is 29.7 Å². The minimum Gasteiger partial charge on any atom is -0.324 e. The van der Waals surface area contributed by atoms with Gasteiger partial charge in [0.25, 0.3) is 0 Å². The number of hydrogen-bond acceptors (Lipinski definition) is 2. The van der Waals surface area contributed by atoms with Gasteiger partial charge in [0.15, 0.2) is 0 Å². The third kappa shape index (κ3) is 3.85. The van der Waals surface area contributed by atoms with E-state index >= 15 is 0 Å². The maximum Gasteiger partial charge on any atom is 0.416 e. The first-order valence-corrected chi connectivity index (χ1v) is 7.24. The fraction of sp³-hybridized carbons (Fsp3) is 0.357. The van der Waals surface area contributed by atoms with Crippen LogP contribution in [0, 0.1) is 0 Å². The van der Waals surface area contributed by atoms with Gasteiger partial charge in [-0.2, -0.15) is 18.3 Å². The van der Waals surface area contributed by atoms with Crippen molar-refractivity contribution in [1.82, 2.24) is 9.78 Å². The summed E-state index contributed by atoms with van der Waals surface area (Å²) in [7, 11) is 0. The van der Waals surface area contributed by atoms with E-state index in [1.165, 1.54) is 6.07 Å². The van der Waals surface area contributed by atoms with Gasteiger partial charge >= 0.3 is 6.18 Å². The van der Waals surface area contributed by atoms with E-state index in [-0.39, 0.29) is 0 Å². The van der Waals surface area contributed by atoms with Gasteiger partial charge in [0.1, 0.15) is 0 Å². The molecule has 0 saturated heterocycles. The van der Waals surface area contributed by atoms with E-state index in [1.807, 2.05) is 13.1 Å². The van der Waals surface area contributed by atoms with Crippen molar-refractivity contribution in [1.29, 1.82) is 0 Å². The average molecular weight is 362 g/mol. The second-order valence-electron chi connectivity index (χ2n) is 4.75. The van der Waals surface area contributed by atoms with E-state index in [4.69, 9.17) is 5.73 Å². The molecular weight excluding hydrogens is 347 g/mol. The van der Waals surface area contributed by atoms with E-state index in [0.29, 0.717) is 16.5 Å². The highest BCUT2D eigenvalue weighted by Gasteiger charge is 2.31. The van der Waals surface area contributed by atoms with Crippen molar-refractivity contribution in [3.63, 3.8) is 0 Å². The number of benzene rings is 1. The maximum atomic E-state index is 12.8. The summed E-state index contributed by atoms with van der Waals surface area (Å²) in [6, 6.07) is 2.98. The lowest BCUT2D eigenvalue weighted by atomic mass is 9.99. The van der Waals surface area contributed by atoms with Crippen LogP contribution in [0.15, 0.2) is 35.1 Å². The standard InChI is InChI=1S/C14H15BrF3N3/c1-2-21-8-9(7-20-21)5-13(19)11-6-10(14(16,17)18)3-4-12(11)15/h3-4,6-8,13H,2,5,19H2,1H3. The highest BCUT2D eigenvalue weighted by molar-refractivity contribution is 9.10. The van der Waals surface area contributed by atoms with Crippen molar-refractivity contribution in [3.05, 3.63) is 51.8 Å². The van der Waals surface area contributed by atoms with E-state index in [2.05, 4.69) is 21.0 Å². The Balaban J connectivity index is 2.23. The molecule has 1 atom stereocenters. The smallest absolute Gasteiger partial charge is 0.324 e. The zero-order valence-corrected chi connectivity index (χ0v) is 12.9. The fourth-order valence-corrected chi connectivity index (χ4v) is 2.59. The molecule has 2 aromatic rings. The van der Waals surface area contributed by atoms with E-state index < -0.39 is 17.8 Å². The Labute approximate surface area is 129 Å². The molecule has 1 heterocycles. The van der Waals surface area contributed by atoms with Gasteiger partial charge in [-0.1, -0.05) is 15.9 Å². The minimum absolute atomic E-state index is 0.430. The SMILES string of the molecule is CCn1cc(CC(N)c2cc(C(F)(F)F)ccc2Br)cn1. The molecule has 0 spiro atoms. The number of hydrogen-bond donors (Lipinski definition) is 1. The summed E-state index contributed by atoms with van der Waals surface area (Å²) in [5.41, 5.74) is 6.70. The number of nitrogens with zero attached hydrogens (tertiary/aromatic N) is 2. The van der Waals surface area contributed by atoms with Crippen molar-refractivity contribution in [2.45, 2.75) is 32.1 Å². The van der Waals surface area contributed by atoms with E-state index in [9.17, 15) is 13.2 Å². The van der Waals surface area contributed by atoms with Gasteiger partial charge < -0.3 is 5.73 Å². The molecule has 0 aliphatic rings. The van der Waals surface area contributed by atoms with Crippen LogP contribution in [0.5, 0.6) is 0 Å². The highest BCUT2D eigenvalue weighted by Crippen LogP contribution is 2.34. The molecule has 2 N–H and O–H groups in total. The van der Waals surface area contributed by atoms with Gasteiger partial charge in [0, 0.05) is 23.3 Å². The molecule has 0 saturated carbocycles. The van der Waals surface area contributed by atoms with Gasteiger partial charge in [-0.3, -0.25) is 4.68 Å². The molecule has 2 rings (SSSR count). The minimum atomic E-state index is -4.37. The topological polar surface area (TPSA) is 43.8 Å². The van der Waals surface area contributed by atoms with Gasteiger partial charge in [0.05, 0.1) is 11.8 Å². The largest absolute Gasteiger partial charge is 0.416 e. The molecule has 1 aromatic carbocycles. The van der Waals surface area contributed by atoms with Crippen LogP contribution in [-0.2, 0) is 19.1 Å². The van der Waals surface area contributed by atoms with Gasteiger partial charge in [-0.25, -0.2) is 0 Å². The zero-order valence-electron chi connectivity index (χ0n) is 11.4. The summed E-state index contributed by atoms with van der Waals surface area (Å²) in [4.78, 5) is 0.